The highest BCUT2D eigenvalue weighted by Crippen LogP contribution is 2.37. The summed E-state index contributed by atoms with van der Waals surface area (Å²) in [5.74, 6) is 3.39. The van der Waals surface area contributed by atoms with E-state index in [0.29, 0.717) is 5.88 Å². The lowest BCUT2D eigenvalue weighted by Crippen LogP contribution is -2.41. The zero-order chi connectivity index (χ0) is 15.4. The monoisotopic (exact) mass is 302 g/mol. The van der Waals surface area contributed by atoms with Crippen LogP contribution in [0.5, 0.6) is 5.88 Å². The van der Waals surface area contributed by atoms with Crippen LogP contribution < -0.4 is 10.1 Å². The van der Waals surface area contributed by atoms with Crippen LogP contribution >= 0.6 is 0 Å². The molecular weight excluding hydrogens is 276 g/mol. The summed E-state index contributed by atoms with van der Waals surface area (Å²) in [6, 6.07) is 5.77. The first-order valence-corrected chi connectivity index (χ1v) is 8.37. The van der Waals surface area contributed by atoms with Crippen LogP contribution in [0.15, 0.2) is 29.4 Å². The van der Waals surface area contributed by atoms with Gasteiger partial charge in [-0.3, -0.25) is 4.99 Å². The Hall–Kier alpha value is -1.78. The van der Waals surface area contributed by atoms with Crippen LogP contribution in [0.1, 0.15) is 26.7 Å². The third kappa shape index (κ3) is 3.90. The van der Waals surface area contributed by atoms with E-state index in [2.05, 4.69) is 29.0 Å². The SMILES string of the molecule is CCNC(=NCC1CC1C)N1CCC(Oc2ccccn2)C1. The average molecular weight is 302 g/mol. The summed E-state index contributed by atoms with van der Waals surface area (Å²) in [5.41, 5.74) is 0. The molecule has 1 N–H and O–H groups in total. The molecule has 3 atom stereocenters. The largest absolute Gasteiger partial charge is 0.472 e. The van der Waals surface area contributed by atoms with Crippen molar-refractivity contribution in [3.05, 3.63) is 24.4 Å². The fourth-order valence-corrected chi connectivity index (χ4v) is 2.89. The highest BCUT2D eigenvalue weighted by Gasteiger charge is 2.33. The molecule has 0 radical (unpaired) electrons. The second-order valence-corrected chi connectivity index (χ2v) is 6.31. The summed E-state index contributed by atoms with van der Waals surface area (Å²) < 4.78 is 5.95. The number of pyridine rings is 1. The number of hydrogen-bond donors (Lipinski definition) is 1. The van der Waals surface area contributed by atoms with E-state index in [9.17, 15) is 0 Å². The van der Waals surface area contributed by atoms with Crippen LogP contribution in [0.25, 0.3) is 0 Å². The van der Waals surface area contributed by atoms with Crippen molar-refractivity contribution >= 4 is 5.96 Å². The molecule has 0 aromatic carbocycles. The Morgan fingerprint density at radius 1 is 1.50 bits per heavy atom. The molecule has 22 heavy (non-hydrogen) atoms. The molecule has 5 nitrogen and oxygen atoms in total. The van der Waals surface area contributed by atoms with Gasteiger partial charge in [-0.05, 0) is 31.2 Å². The first kappa shape index (κ1) is 15.1. The van der Waals surface area contributed by atoms with Crippen molar-refractivity contribution in [2.24, 2.45) is 16.8 Å². The Kier molecular flexibility index (Phi) is 4.80. The van der Waals surface area contributed by atoms with Crippen molar-refractivity contribution in [2.75, 3.05) is 26.2 Å². The van der Waals surface area contributed by atoms with Crippen LogP contribution in [0.2, 0.25) is 0 Å². The van der Waals surface area contributed by atoms with Gasteiger partial charge in [-0.2, -0.15) is 0 Å². The maximum Gasteiger partial charge on any atom is 0.213 e. The molecule has 2 fully saturated rings. The van der Waals surface area contributed by atoms with E-state index in [1.165, 1.54) is 6.42 Å². The Bertz CT molecular complexity index is 505. The van der Waals surface area contributed by atoms with Gasteiger partial charge in [-0.1, -0.05) is 13.0 Å². The molecule has 1 saturated heterocycles. The van der Waals surface area contributed by atoms with Gasteiger partial charge in [0.2, 0.25) is 5.88 Å². The van der Waals surface area contributed by atoms with Crippen LogP contribution in [-0.2, 0) is 0 Å². The molecule has 1 saturated carbocycles. The van der Waals surface area contributed by atoms with E-state index < -0.39 is 0 Å². The first-order chi connectivity index (χ1) is 10.8. The highest BCUT2D eigenvalue weighted by molar-refractivity contribution is 5.80. The van der Waals surface area contributed by atoms with Gasteiger partial charge < -0.3 is 15.0 Å². The lowest BCUT2D eigenvalue weighted by Gasteiger charge is -2.21. The zero-order valence-corrected chi connectivity index (χ0v) is 13.5. The van der Waals surface area contributed by atoms with Gasteiger partial charge in [-0.25, -0.2) is 4.98 Å². The second-order valence-electron chi connectivity index (χ2n) is 6.31. The fraction of sp³-hybridized carbons (Fsp3) is 0.647. The van der Waals surface area contributed by atoms with Crippen molar-refractivity contribution in [2.45, 2.75) is 32.8 Å². The number of nitrogens with one attached hydrogen (secondary N) is 1. The summed E-state index contributed by atoms with van der Waals surface area (Å²) in [4.78, 5) is 11.4. The van der Waals surface area contributed by atoms with Crippen molar-refractivity contribution < 1.29 is 4.74 Å². The minimum atomic E-state index is 0.193. The first-order valence-electron chi connectivity index (χ1n) is 8.37. The maximum absolute atomic E-state index is 5.95. The van der Waals surface area contributed by atoms with Gasteiger partial charge >= 0.3 is 0 Å². The molecule has 5 heteroatoms. The maximum atomic E-state index is 5.95. The molecule has 1 aromatic rings. The molecule has 0 amide bonds. The van der Waals surface area contributed by atoms with Crippen molar-refractivity contribution in [1.29, 1.82) is 0 Å². The molecule has 1 aromatic heterocycles. The number of likely N-dealkylation sites (tertiary alicyclic amines) is 1. The fourth-order valence-electron chi connectivity index (χ4n) is 2.89. The molecular formula is C17H26N4O. The molecule has 1 aliphatic heterocycles. The molecule has 3 rings (SSSR count). The molecule has 120 valence electrons. The second kappa shape index (κ2) is 6.99. The van der Waals surface area contributed by atoms with E-state index in [-0.39, 0.29) is 6.10 Å². The summed E-state index contributed by atoms with van der Waals surface area (Å²) >= 11 is 0. The minimum Gasteiger partial charge on any atom is -0.472 e. The molecule has 2 aliphatic rings. The molecule has 3 unspecified atom stereocenters. The minimum absolute atomic E-state index is 0.193. The number of rotatable bonds is 5. The lowest BCUT2D eigenvalue weighted by atomic mass is 10.3. The van der Waals surface area contributed by atoms with Gasteiger partial charge in [0.15, 0.2) is 5.96 Å². The topological polar surface area (TPSA) is 49.8 Å². The molecule has 2 heterocycles. The van der Waals surface area contributed by atoms with Gasteiger partial charge in [0, 0.05) is 38.3 Å². The van der Waals surface area contributed by atoms with E-state index in [4.69, 9.17) is 9.73 Å². The van der Waals surface area contributed by atoms with E-state index in [1.54, 1.807) is 6.20 Å². The highest BCUT2D eigenvalue weighted by atomic mass is 16.5. The Balaban J connectivity index is 1.54. The van der Waals surface area contributed by atoms with E-state index >= 15 is 0 Å². The quantitative estimate of drug-likeness (QED) is 0.669. The predicted octanol–water partition coefficient (Wildman–Crippen LogP) is 2.16. The van der Waals surface area contributed by atoms with Gasteiger partial charge in [0.05, 0.1) is 6.54 Å². The van der Waals surface area contributed by atoms with Crippen molar-refractivity contribution in [3.8, 4) is 5.88 Å². The zero-order valence-electron chi connectivity index (χ0n) is 13.5. The predicted molar refractivity (Wildman–Crippen MR) is 88.1 cm³/mol. The van der Waals surface area contributed by atoms with Crippen molar-refractivity contribution in [1.82, 2.24) is 15.2 Å². The Morgan fingerprint density at radius 2 is 2.36 bits per heavy atom. The molecule has 1 aliphatic carbocycles. The summed E-state index contributed by atoms with van der Waals surface area (Å²) in [6.07, 6.45) is 4.30. The normalized spacial score (nSPS) is 27.8. The smallest absolute Gasteiger partial charge is 0.213 e. The third-order valence-corrected chi connectivity index (χ3v) is 4.46. The van der Waals surface area contributed by atoms with Crippen molar-refractivity contribution in [3.63, 3.8) is 0 Å². The number of guanidine groups is 1. The number of aliphatic imine (C=N–C) groups is 1. The number of nitrogens with zero attached hydrogens (tertiary/aromatic N) is 3. The number of hydrogen-bond acceptors (Lipinski definition) is 3. The Labute approximate surface area is 132 Å². The van der Waals surface area contributed by atoms with Crippen LogP contribution in [0.4, 0.5) is 0 Å². The van der Waals surface area contributed by atoms with Gasteiger partial charge in [-0.15, -0.1) is 0 Å². The van der Waals surface area contributed by atoms with Gasteiger partial charge in [0.25, 0.3) is 0 Å². The third-order valence-electron chi connectivity index (χ3n) is 4.46. The molecule has 0 spiro atoms. The van der Waals surface area contributed by atoms with E-state index in [0.717, 1.165) is 50.4 Å². The summed E-state index contributed by atoms with van der Waals surface area (Å²) in [5, 5.41) is 3.41. The summed E-state index contributed by atoms with van der Waals surface area (Å²) in [6.45, 7) is 8.15. The van der Waals surface area contributed by atoms with Crippen LogP contribution in [-0.4, -0.2) is 48.1 Å². The standard InChI is InChI=1S/C17H26N4O/c1-3-18-17(20-11-14-10-13(14)2)21-9-7-15(12-21)22-16-6-4-5-8-19-16/h4-6,8,13-15H,3,7,9-12H2,1-2H3,(H,18,20). The van der Waals surface area contributed by atoms with E-state index in [1.807, 2.05) is 18.2 Å². The number of ether oxygens (including phenoxy) is 1. The van der Waals surface area contributed by atoms with Crippen LogP contribution in [0.3, 0.4) is 0 Å². The van der Waals surface area contributed by atoms with Crippen LogP contribution in [0, 0.1) is 11.8 Å². The summed E-state index contributed by atoms with van der Waals surface area (Å²) in [7, 11) is 0. The molecule has 0 bridgehead atoms. The van der Waals surface area contributed by atoms with Gasteiger partial charge in [0.1, 0.15) is 6.10 Å². The average Bonchev–Trinajstić information content (AvgIpc) is 3.04. The lowest BCUT2D eigenvalue weighted by molar-refractivity contribution is 0.205. The Morgan fingerprint density at radius 3 is 3.05 bits per heavy atom. The number of aromatic nitrogens is 1.